The van der Waals surface area contributed by atoms with Gasteiger partial charge in [0.05, 0.1) is 17.6 Å². The minimum absolute atomic E-state index is 0.0171. The first-order valence-electron chi connectivity index (χ1n) is 9.17. The third-order valence-electron chi connectivity index (χ3n) is 4.70. The van der Waals surface area contributed by atoms with Gasteiger partial charge < -0.3 is 5.32 Å². The van der Waals surface area contributed by atoms with Crippen molar-refractivity contribution in [3.8, 4) is 0 Å². The van der Waals surface area contributed by atoms with Gasteiger partial charge in [-0.1, -0.05) is 48.9 Å². The predicted octanol–water partition coefficient (Wildman–Crippen LogP) is 2.78. The summed E-state index contributed by atoms with van der Waals surface area (Å²) in [7, 11) is 0. The van der Waals surface area contributed by atoms with Gasteiger partial charge in [-0.15, -0.1) is 0 Å². The average molecular weight is 400 g/mol. The standard InChI is InChI=1S/C21H22ClN3O3/c1-3-14(2)23-19(26)13-25-18-11-16(22)9-10-17(18)24(20(27)21(25)28)12-15-7-5-4-6-8-15/h4-11,14H,3,12-13H2,1-2H3,(H,23,26)/t14-/m1/s1. The second-order valence-electron chi connectivity index (χ2n) is 6.78. The monoisotopic (exact) mass is 399 g/mol. The van der Waals surface area contributed by atoms with Crippen LogP contribution >= 0.6 is 11.6 Å². The van der Waals surface area contributed by atoms with E-state index in [-0.39, 0.29) is 25.0 Å². The van der Waals surface area contributed by atoms with Crippen LogP contribution in [0.3, 0.4) is 0 Å². The van der Waals surface area contributed by atoms with E-state index >= 15 is 0 Å². The number of aromatic nitrogens is 2. The lowest BCUT2D eigenvalue weighted by Gasteiger charge is -2.17. The topological polar surface area (TPSA) is 73.1 Å². The van der Waals surface area contributed by atoms with Gasteiger partial charge >= 0.3 is 11.1 Å². The van der Waals surface area contributed by atoms with Gasteiger partial charge in [-0.2, -0.15) is 0 Å². The molecule has 1 atom stereocenters. The fraction of sp³-hybridized carbons (Fsp3) is 0.286. The Labute approximate surface area is 167 Å². The lowest BCUT2D eigenvalue weighted by molar-refractivity contribution is -0.122. The summed E-state index contributed by atoms with van der Waals surface area (Å²) in [4.78, 5) is 38.0. The number of hydrogen-bond donors (Lipinski definition) is 1. The van der Waals surface area contributed by atoms with Crippen LogP contribution in [0.4, 0.5) is 0 Å². The van der Waals surface area contributed by atoms with E-state index in [1.54, 1.807) is 18.2 Å². The maximum Gasteiger partial charge on any atom is 0.317 e. The molecule has 28 heavy (non-hydrogen) atoms. The molecule has 1 N–H and O–H groups in total. The highest BCUT2D eigenvalue weighted by atomic mass is 35.5. The van der Waals surface area contributed by atoms with Crippen molar-refractivity contribution in [1.82, 2.24) is 14.5 Å². The van der Waals surface area contributed by atoms with Gasteiger partial charge in [0.1, 0.15) is 6.54 Å². The Hall–Kier alpha value is -2.86. The van der Waals surface area contributed by atoms with E-state index < -0.39 is 11.1 Å². The van der Waals surface area contributed by atoms with Crippen molar-refractivity contribution in [3.63, 3.8) is 0 Å². The molecule has 146 valence electrons. The Balaban J connectivity index is 2.13. The number of amides is 1. The van der Waals surface area contributed by atoms with Crippen LogP contribution in [0.15, 0.2) is 58.1 Å². The Bertz CT molecular complexity index is 1120. The molecule has 0 aliphatic rings. The second-order valence-corrected chi connectivity index (χ2v) is 7.21. The molecular weight excluding hydrogens is 378 g/mol. The average Bonchev–Trinajstić information content (AvgIpc) is 2.69. The molecule has 2 aromatic carbocycles. The summed E-state index contributed by atoms with van der Waals surface area (Å²) in [6, 6.07) is 14.4. The van der Waals surface area contributed by atoms with Crippen molar-refractivity contribution in [2.24, 2.45) is 0 Å². The molecule has 0 bridgehead atoms. The SMILES string of the molecule is CC[C@@H](C)NC(=O)Cn1c(=O)c(=O)n(Cc2ccccc2)c2ccc(Cl)cc21. The summed E-state index contributed by atoms with van der Waals surface area (Å²) < 4.78 is 2.62. The molecule has 1 aromatic heterocycles. The molecule has 1 heterocycles. The number of halogens is 1. The molecule has 0 aliphatic heterocycles. The summed E-state index contributed by atoms with van der Waals surface area (Å²) in [6.45, 7) is 3.86. The number of nitrogens with one attached hydrogen (secondary N) is 1. The number of carbonyl (C=O) groups excluding carboxylic acids is 1. The van der Waals surface area contributed by atoms with Crippen LogP contribution in [0, 0.1) is 0 Å². The minimum Gasteiger partial charge on any atom is -0.352 e. The zero-order chi connectivity index (χ0) is 20.3. The molecule has 1 amide bonds. The van der Waals surface area contributed by atoms with Crippen LogP contribution in [0.1, 0.15) is 25.8 Å². The van der Waals surface area contributed by atoms with Crippen molar-refractivity contribution in [2.75, 3.05) is 0 Å². The fourth-order valence-corrected chi connectivity index (χ4v) is 3.20. The molecule has 0 unspecified atom stereocenters. The van der Waals surface area contributed by atoms with Crippen molar-refractivity contribution in [1.29, 1.82) is 0 Å². The van der Waals surface area contributed by atoms with E-state index in [4.69, 9.17) is 11.6 Å². The third kappa shape index (κ3) is 4.17. The van der Waals surface area contributed by atoms with Gasteiger partial charge in [-0.25, -0.2) is 0 Å². The Kier molecular flexibility index (Phi) is 5.99. The lowest BCUT2D eigenvalue weighted by Crippen LogP contribution is -2.45. The lowest BCUT2D eigenvalue weighted by atomic mass is 10.2. The summed E-state index contributed by atoms with van der Waals surface area (Å²) in [5, 5.41) is 3.24. The number of carbonyl (C=O) groups is 1. The quantitative estimate of drug-likeness (QED) is 0.648. The molecule has 0 saturated heterocycles. The zero-order valence-electron chi connectivity index (χ0n) is 15.8. The largest absolute Gasteiger partial charge is 0.352 e. The highest BCUT2D eigenvalue weighted by Crippen LogP contribution is 2.18. The maximum absolute atomic E-state index is 12.8. The van der Waals surface area contributed by atoms with Crippen LogP contribution in [0.25, 0.3) is 11.0 Å². The summed E-state index contributed by atoms with van der Waals surface area (Å²) in [6.07, 6.45) is 0.770. The van der Waals surface area contributed by atoms with Crippen LogP contribution in [-0.4, -0.2) is 21.1 Å². The van der Waals surface area contributed by atoms with Crippen LogP contribution in [0.5, 0.6) is 0 Å². The molecule has 7 heteroatoms. The van der Waals surface area contributed by atoms with E-state index in [1.165, 1.54) is 9.13 Å². The molecule has 0 fully saturated rings. The molecule has 0 radical (unpaired) electrons. The molecule has 0 aliphatic carbocycles. The first-order valence-corrected chi connectivity index (χ1v) is 9.54. The van der Waals surface area contributed by atoms with Crippen molar-refractivity contribution in [2.45, 2.75) is 39.4 Å². The molecule has 0 saturated carbocycles. The van der Waals surface area contributed by atoms with Crippen LogP contribution < -0.4 is 16.4 Å². The third-order valence-corrected chi connectivity index (χ3v) is 4.93. The van der Waals surface area contributed by atoms with Gasteiger partial charge in [-0.3, -0.25) is 23.5 Å². The number of rotatable bonds is 6. The van der Waals surface area contributed by atoms with Crippen LogP contribution in [-0.2, 0) is 17.9 Å². The van der Waals surface area contributed by atoms with Gasteiger partial charge in [0.25, 0.3) is 0 Å². The van der Waals surface area contributed by atoms with E-state index in [0.29, 0.717) is 16.1 Å². The number of fused-ring (bicyclic) bond motifs is 1. The number of hydrogen-bond acceptors (Lipinski definition) is 3. The van der Waals surface area contributed by atoms with E-state index in [2.05, 4.69) is 5.32 Å². The van der Waals surface area contributed by atoms with E-state index in [1.807, 2.05) is 44.2 Å². The minimum atomic E-state index is -0.745. The van der Waals surface area contributed by atoms with E-state index in [9.17, 15) is 14.4 Å². The zero-order valence-corrected chi connectivity index (χ0v) is 16.6. The normalized spacial score (nSPS) is 12.1. The molecule has 0 spiro atoms. The van der Waals surface area contributed by atoms with Crippen molar-refractivity contribution >= 4 is 28.5 Å². The van der Waals surface area contributed by atoms with Gasteiger partial charge in [-0.05, 0) is 37.1 Å². The number of benzene rings is 2. The molecular formula is C21H22ClN3O3. The highest BCUT2D eigenvalue weighted by Gasteiger charge is 2.16. The Morgan fingerprint density at radius 3 is 2.39 bits per heavy atom. The van der Waals surface area contributed by atoms with Crippen LogP contribution in [0.2, 0.25) is 5.02 Å². The molecule has 3 aromatic rings. The van der Waals surface area contributed by atoms with Crippen molar-refractivity contribution < 1.29 is 4.79 Å². The van der Waals surface area contributed by atoms with Gasteiger partial charge in [0.2, 0.25) is 5.91 Å². The Morgan fingerprint density at radius 2 is 1.71 bits per heavy atom. The van der Waals surface area contributed by atoms with Gasteiger partial charge in [0.15, 0.2) is 0 Å². The Morgan fingerprint density at radius 1 is 1.04 bits per heavy atom. The molecule has 3 rings (SSSR count). The summed E-state index contributed by atoms with van der Waals surface area (Å²) in [5.41, 5.74) is 0.481. The first-order chi connectivity index (χ1) is 13.4. The maximum atomic E-state index is 12.8. The van der Waals surface area contributed by atoms with Gasteiger partial charge in [0, 0.05) is 11.1 Å². The summed E-state index contributed by atoms with van der Waals surface area (Å²) in [5.74, 6) is -0.321. The molecule has 6 nitrogen and oxygen atoms in total. The smallest absolute Gasteiger partial charge is 0.317 e. The van der Waals surface area contributed by atoms with E-state index in [0.717, 1.165) is 12.0 Å². The fourth-order valence-electron chi connectivity index (χ4n) is 3.04. The second kappa shape index (κ2) is 8.44. The van der Waals surface area contributed by atoms with Crippen molar-refractivity contribution in [3.05, 3.63) is 79.8 Å². The highest BCUT2D eigenvalue weighted by molar-refractivity contribution is 6.31. The number of nitrogens with zero attached hydrogens (tertiary/aromatic N) is 2. The summed E-state index contributed by atoms with van der Waals surface area (Å²) >= 11 is 6.14. The first kappa shape index (κ1) is 19.9. The predicted molar refractivity (Wildman–Crippen MR) is 111 cm³/mol.